The van der Waals surface area contributed by atoms with E-state index >= 15 is 0 Å². The number of hydrogen-bond acceptors (Lipinski definition) is 2. The van der Waals surface area contributed by atoms with Gasteiger partial charge in [0.15, 0.2) is 0 Å². The molecule has 0 aromatic heterocycles. The average Bonchev–Trinajstić information content (AvgIpc) is 2.09. The van der Waals surface area contributed by atoms with E-state index in [4.69, 9.17) is 4.74 Å². The molecule has 0 radical (unpaired) electrons. The molecule has 0 saturated carbocycles. The van der Waals surface area contributed by atoms with Crippen LogP contribution in [-0.2, 0) is 4.74 Å². The number of ether oxygens (including phenoxy) is 1. The van der Waals surface area contributed by atoms with E-state index in [1.807, 2.05) is 0 Å². The maximum atomic E-state index is 5.45. The summed E-state index contributed by atoms with van der Waals surface area (Å²) >= 11 is 0. The Kier molecular flexibility index (Phi) is 8.46. The summed E-state index contributed by atoms with van der Waals surface area (Å²) in [6, 6.07) is 0. The third kappa shape index (κ3) is 8.26. The molecule has 0 aliphatic carbocycles. The van der Waals surface area contributed by atoms with Gasteiger partial charge >= 0.3 is 0 Å². The van der Waals surface area contributed by atoms with Gasteiger partial charge in [0.25, 0.3) is 0 Å². The molecule has 0 spiro atoms. The van der Waals surface area contributed by atoms with Crippen LogP contribution in [0, 0.1) is 11.8 Å². The van der Waals surface area contributed by atoms with Crippen molar-refractivity contribution in [3.05, 3.63) is 0 Å². The summed E-state index contributed by atoms with van der Waals surface area (Å²) < 4.78 is 5.45. The summed E-state index contributed by atoms with van der Waals surface area (Å²) in [7, 11) is 0. The molecule has 2 heteroatoms. The second kappa shape index (κ2) is 8.52. The molecule has 0 fully saturated rings. The second-order valence-corrected chi connectivity index (χ2v) is 3.96. The summed E-state index contributed by atoms with van der Waals surface area (Å²) in [4.78, 5) is 0. The lowest BCUT2D eigenvalue weighted by Crippen LogP contribution is -2.27. The molecule has 0 aliphatic heterocycles. The molecule has 13 heavy (non-hydrogen) atoms. The fourth-order valence-electron chi connectivity index (χ4n) is 1.51. The first-order valence-corrected chi connectivity index (χ1v) is 5.49. The van der Waals surface area contributed by atoms with Crippen LogP contribution in [0.3, 0.4) is 0 Å². The van der Waals surface area contributed by atoms with Gasteiger partial charge in [-0.25, -0.2) is 0 Å². The van der Waals surface area contributed by atoms with Gasteiger partial charge in [0.05, 0.1) is 6.61 Å². The van der Waals surface area contributed by atoms with Gasteiger partial charge in [-0.05, 0) is 31.7 Å². The van der Waals surface area contributed by atoms with Crippen molar-refractivity contribution < 1.29 is 4.74 Å². The highest BCUT2D eigenvalue weighted by Crippen LogP contribution is 2.11. The molecule has 1 unspecified atom stereocenters. The first kappa shape index (κ1) is 12.9. The zero-order chi connectivity index (χ0) is 10.1. The van der Waals surface area contributed by atoms with Gasteiger partial charge in [0.2, 0.25) is 0 Å². The average molecular weight is 187 g/mol. The van der Waals surface area contributed by atoms with Crippen molar-refractivity contribution in [3.8, 4) is 0 Å². The SMILES string of the molecule is CCNCC(COCC)CC(C)C. The molecule has 2 nitrogen and oxygen atoms in total. The van der Waals surface area contributed by atoms with E-state index in [0.717, 1.165) is 32.2 Å². The Bertz CT molecular complexity index is 96.3. The Balaban J connectivity index is 3.60. The molecule has 0 rings (SSSR count). The molecule has 0 aromatic rings. The highest BCUT2D eigenvalue weighted by Gasteiger charge is 2.09. The Morgan fingerprint density at radius 2 is 1.92 bits per heavy atom. The minimum absolute atomic E-state index is 0.680. The summed E-state index contributed by atoms with van der Waals surface area (Å²) in [5, 5.41) is 3.38. The molecule has 0 aliphatic rings. The Hall–Kier alpha value is -0.0800. The normalized spacial score (nSPS) is 13.6. The highest BCUT2D eigenvalue weighted by atomic mass is 16.5. The molecule has 1 atom stereocenters. The standard InChI is InChI=1S/C11H25NO/c1-5-12-8-11(7-10(3)4)9-13-6-2/h10-12H,5-9H2,1-4H3. The largest absolute Gasteiger partial charge is 0.381 e. The van der Waals surface area contributed by atoms with Crippen LogP contribution in [0.5, 0.6) is 0 Å². The van der Waals surface area contributed by atoms with Crippen LogP contribution in [0.2, 0.25) is 0 Å². The van der Waals surface area contributed by atoms with Crippen LogP contribution in [0.4, 0.5) is 0 Å². The molecule has 0 heterocycles. The third-order valence-corrected chi connectivity index (χ3v) is 2.05. The lowest BCUT2D eigenvalue weighted by atomic mass is 9.98. The Labute approximate surface area is 83.1 Å². The van der Waals surface area contributed by atoms with Crippen molar-refractivity contribution in [2.75, 3.05) is 26.3 Å². The van der Waals surface area contributed by atoms with E-state index in [1.54, 1.807) is 0 Å². The van der Waals surface area contributed by atoms with Gasteiger partial charge in [-0.3, -0.25) is 0 Å². The zero-order valence-electron chi connectivity index (χ0n) is 9.60. The molecular weight excluding hydrogens is 162 g/mol. The minimum atomic E-state index is 0.680. The lowest BCUT2D eigenvalue weighted by Gasteiger charge is -2.18. The smallest absolute Gasteiger partial charge is 0.0506 e. The number of hydrogen-bond donors (Lipinski definition) is 1. The minimum Gasteiger partial charge on any atom is -0.381 e. The Morgan fingerprint density at radius 3 is 2.38 bits per heavy atom. The number of rotatable bonds is 8. The van der Waals surface area contributed by atoms with Crippen LogP contribution in [0.1, 0.15) is 34.1 Å². The van der Waals surface area contributed by atoms with Crippen molar-refractivity contribution in [3.63, 3.8) is 0 Å². The first-order chi connectivity index (χ1) is 6.20. The lowest BCUT2D eigenvalue weighted by molar-refractivity contribution is 0.101. The van der Waals surface area contributed by atoms with Crippen molar-refractivity contribution in [2.24, 2.45) is 11.8 Å². The van der Waals surface area contributed by atoms with E-state index in [2.05, 4.69) is 33.0 Å². The molecule has 80 valence electrons. The van der Waals surface area contributed by atoms with E-state index in [9.17, 15) is 0 Å². The fraction of sp³-hybridized carbons (Fsp3) is 1.00. The summed E-state index contributed by atoms with van der Waals surface area (Å²) in [5.74, 6) is 1.45. The van der Waals surface area contributed by atoms with Crippen LogP contribution in [0.15, 0.2) is 0 Å². The molecule has 0 aromatic carbocycles. The zero-order valence-corrected chi connectivity index (χ0v) is 9.60. The topological polar surface area (TPSA) is 21.3 Å². The van der Waals surface area contributed by atoms with Gasteiger partial charge in [0.1, 0.15) is 0 Å². The van der Waals surface area contributed by atoms with E-state index in [-0.39, 0.29) is 0 Å². The Morgan fingerprint density at radius 1 is 1.23 bits per heavy atom. The van der Waals surface area contributed by atoms with E-state index in [1.165, 1.54) is 6.42 Å². The van der Waals surface area contributed by atoms with Crippen LogP contribution >= 0.6 is 0 Å². The highest BCUT2D eigenvalue weighted by molar-refractivity contribution is 4.63. The monoisotopic (exact) mass is 187 g/mol. The van der Waals surface area contributed by atoms with Gasteiger partial charge in [-0.1, -0.05) is 20.8 Å². The number of nitrogens with one attached hydrogen (secondary N) is 1. The van der Waals surface area contributed by atoms with Gasteiger partial charge in [0, 0.05) is 13.2 Å². The van der Waals surface area contributed by atoms with Crippen molar-refractivity contribution >= 4 is 0 Å². The molecule has 1 N–H and O–H groups in total. The van der Waals surface area contributed by atoms with Crippen molar-refractivity contribution in [1.29, 1.82) is 0 Å². The van der Waals surface area contributed by atoms with Crippen LogP contribution in [-0.4, -0.2) is 26.3 Å². The van der Waals surface area contributed by atoms with Gasteiger partial charge < -0.3 is 10.1 Å². The maximum absolute atomic E-state index is 5.45. The van der Waals surface area contributed by atoms with Crippen LogP contribution in [0.25, 0.3) is 0 Å². The predicted octanol–water partition coefficient (Wildman–Crippen LogP) is 2.29. The summed E-state index contributed by atoms with van der Waals surface area (Å²) in [6.07, 6.45) is 1.26. The molecule has 0 amide bonds. The fourth-order valence-corrected chi connectivity index (χ4v) is 1.51. The van der Waals surface area contributed by atoms with Gasteiger partial charge in [-0.15, -0.1) is 0 Å². The predicted molar refractivity (Wildman–Crippen MR) is 58.0 cm³/mol. The van der Waals surface area contributed by atoms with Crippen molar-refractivity contribution in [1.82, 2.24) is 5.32 Å². The maximum Gasteiger partial charge on any atom is 0.0506 e. The van der Waals surface area contributed by atoms with Gasteiger partial charge in [-0.2, -0.15) is 0 Å². The van der Waals surface area contributed by atoms with E-state index in [0.29, 0.717) is 5.92 Å². The van der Waals surface area contributed by atoms with E-state index < -0.39 is 0 Å². The summed E-state index contributed by atoms with van der Waals surface area (Å²) in [6.45, 7) is 12.6. The summed E-state index contributed by atoms with van der Waals surface area (Å²) in [5.41, 5.74) is 0. The molecule has 0 bridgehead atoms. The molecular formula is C11H25NO. The molecule has 0 saturated heterocycles. The second-order valence-electron chi connectivity index (χ2n) is 3.96. The van der Waals surface area contributed by atoms with Crippen molar-refractivity contribution in [2.45, 2.75) is 34.1 Å². The quantitative estimate of drug-likeness (QED) is 0.629. The van der Waals surface area contributed by atoms with Crippen LogP contribution < -0.4 is 5.32 Å². The first-order valence-electron chi connectivity index (χ1n) is 5.49. The third-order valence-electron chi connectivity index (χ3n) is 2.05.